The van der Waals surface area contributed by atoms with Crippen LogP contribution in [0.15, 0.2) is 12.1 Å². The van der Waals surface area contributed by atoms with E-state index in [1.807, 2.05) is 12.1 Å². The number of ether oxygens (including phenoxy) is 2. The quantitative estimate of drug-likeness (QED) is 0.791. The molecule has 1 saturated carbocycles. The van der Waals surface area contributed by atoms with Crippen molar-refractivity contribution in [1.82, 2.24) is 10.0 Å². The summed E-state index contributed by atoms with van der Waals surface area (Å²) >= 11 is 0. The Bertz CT molecular complexity index is 881. The van der Waals surface area contributed by atoms with Crippen LogP contribution in [-0.4, -0.2) is 50.5 Å². The first kappa shape index (κ1) is 18.0. The smallest absolute Gasteiger partial charge is 0.163 e. The van der Waals surface area contributed by atoms with Crippen molar-refractivity contribution in [1.29, 1.82) is 0 Å². The van der Waals surface area contributed by atoms with Gasteiger partial charge in [-0.3, -0.25) is 9.82 Å². The maximum atomic E-state index is 6.14. The number of hydrogen-bond acceptors (Lipinski definition) is 6. The molecule has 6 nitrogen and oxygen atoms in total. The van der Waals surface area contributed by atoms with E-state index in [-0.39, 0.29) is 0 Å². The molecule has 0 amide bonds. The molecule has 1 N–H and O–H groups in total. The van der Waals surface area contributed by atoms with Gasteiger partial charge < -0.3 is 14.8 Å². The monoisotopic (exact) mass is 383 g/mol. The zero-order chi connectivity index (χ0) is 19.1. The third-order valence-corrected chi connectivity index (χ3v) is 6.08. The van der Waals surface area contributed by atoms with Gasteiger partial charge in [-0.25, -0.2) is 0 Å². The fourth-order valence-electron chi connectivity index (χ4n) is 4.32. The predicted molar refractivity (Wildman–Crippen MR) is 109 cm³/mol. The van der Waals surface area contributed by atoms with Crippen molar-refractivity contribution in [3.8, 4) is 11.5 Å². The molecular weight excluding hydrogens is 354 g/mol. The lowest BCUT2D eigenvalue weighted by atomic mass is 10.1. The summed E-state index contributed by atoms with van der Waals surface area (Å²) in [6.07, 6.45) is 6.06. The number of aromatic nitrogens is 1. The molecule has 1 aromatic carbocycles. The molecule has 2 fully saturated rings. The minimum absolute atomic E-state index is 0.370. The molecule has 28 heavy (non-hydrogen) atoms. The SMILES string of the molecule is COc1cc2c(NCC3CC3)c3c(nc2cc1OCC1CON(C)C1)CCC3. The van der Waals surface area contributed by atoms with E-state index in [1.165, 1.54) is 36.2 Å². The zero-order valence-electron chi connectivity index (χ0n) is 16.8. The molecule has 1 unspecified atom stereocenters. The van der Waals surface area contributed by atoms with Crippen molar-refractivity contribution in [3.63, 3.8) is 0 Å². The molecule has 2 aromatic rings. The summed E-state index contributed by atoms with van der Waals surface area (Å²) in [7, 11) is 3.66. The fourth-order valence-corrected chi connectivity index (χ4v) is 4.32. The van der Waals surface area contributed by atoms with Crippen LogP contribution in [0.2, 0.25) is 0 Å². The zero-order valence-corrected chi connectivity index (χ0v) is 16.8. The number of pyridine rings is 1. The summed E-state index contributed by atoms with van der Waals surface area (Å²) in [4.78, 5) is 10.5. The van der Waals surface area contributed by atoms with E-state index < -0.39 is 0 Å². The normalized spacial score (nSPS) is 21.9. The molecule has 2 aliphatic carbocycles. The third-order valence-electron chi connectivity index (χ3n) is 6.08. The molecular formula is C22H29N3O3. The van der Waals surface area contributed by atoms with Gasteiger partial charge in [-0.05, 0) is 49.7 Å². The number of aryl methyl sites for hydroxylation is 1. The highest BCUT2D eigenvalue weighted by atomic mass is 16.7. The van der Waals surface area contributed by atoms with Crippen LogP contribution in [-0.2, 0) is 17.7 Å². The lowest BCUT2D eigenvalue weighted by Crippen LogP contribution is -2.18. The van der Waals surface area contributed by atoms with Crippen molar-refractivity contribution in [3.05, 3.63) is 23.4 Å². The first-order chi connectivity index (χ1) is 13.7. The summed E-state index contributed by atoms with van der Waals surface area (Å²) in [5.41, 5.74) is 4.90. The van der Waals surface area contributed by atoms with Crippen LogP contribution in [0.25, 0.3) is 10.9 Å². The molecule has 0 spiro atoms. The molecule has 1 saturated heterocycles. The van der Waals surface area contributed by atoms with Gasteiger partial charge >= 0.3 is 0 Å². The van der Waals surface area contributed by atoms with E-state index in [0.29, 0.717) is 19.1 Å². The van der Waals surface area contributed by atoms with Gasteiger partial charge in [-0.1, -0.05) is 0 Å². The number of anilines is 1. The minimum Gasteiger partial charge on any atom is -0.493 e. The van der Waals surface area contributed by atoms with Crippen LogP contribution in [0, 0.1) is 11.8 Å². The van der Waals surface area contributed by atoms with Gasteiger partial charge in [-0.15, -0.1) is 0 Å². The number of hydroxylamine groups is 2. The Morgan fingerprint density at radius 1 is 1.21 bits per heavy atom. The highest BCUT2D eigenvalue weighted by Crippen LogP contribution is 2.40. The van der Waals surface area contributed by atoms with Crippen molar-refractivity contribution < 1.29 is 14.3 Å². The van der Waals surface area contributed by atoms with E-state index in [0.717, 1.165) is 54.3 Å². The standard InChI is InChI=1S/C22H29N3O3/c1-25-11-15(13-28-25)12-27-21-9-19-17(8-20(21)26-2)22(23-10-14-6-7-14)16-4-3-5-18(16)24-19/h8-9,14-15H,3-7,10-13H2,1-2H3,(H,23,24). The third kappa shape index (κ3) is 3.51. The second-order valence-electron chi connectivity index (χ2n) is 8.39. The van der Waals surface area contributed by atoms with E-state index in [4.69, 9.17) is 19.3 Å². The average molecular weight is 383 g/mol. The summed E-state index contributed by atoms with van der Waals surface area (Å²) in [5.74, 6) is 2.74. The van der Waals surface area contributed by atoms with Crippen LogP contribution < -0.4 is 14.8 Å². The molecule has 0 radical (unpaired) electrons. The number of hydrogen-bond donors (Lipinski definition) is 1. The molecule has 5 rings (SSSR count). The van der Waals surface area contributed by atoms with Gasteiger partial charge in [0.05, 0.1) is 25.8 Å². The highest BCUT2D eigenvalue weighted by molar-refractivity contribution is 5.96. The van der Waals surface area contributed by atoms with Crippen LogP contribution in [0.5, 0.6) is 11.5 Å². The first-order valence-corrected chi connectivity index (χ1v) is 10.5. The Hall–Kier alpha value is -2.05. The van der Waals surface area contributed by atoms with Crippen LogP contribution in [0.3, 0.4) is 0 Å². The molecule has 0 bridgehead atoms. The Balaban J connectivity index is 1.47. The number of benzene rings is 1. The van der Waals surface area contributed by atoms with E-state index in [1.54, 1.807) is 7.11 Å². The topological polar surface area (TPSA) is 55.9 Å². The van der Waals surface area contributed by atoms with E-state index in [2.05, 4.69) is 17.4 Å². The van der Waals surface area contributed by atoms with Gasteiger partial charge in [0.2, 0.25) is 0 Å². The van der Waals surface area contributed by atoms with Crippen LogP contribution in [0.1, 0.15) is 30.5 Å². The second-order valence-corrected chi connectivity index (χ2v) is 8.39. The largest absolute Gasteiger partial charge is 0.493 e. The van der Waals surface area contributed by atoms with Crippen molar-refractivity contribution >= 4 is 16.6 Å². The maximum absolute atomic E-state index is 6.14. The Morgan fingerprint density at radius 2 is 2.11 bits per heavy atom. The van der Waals surface area contributed by atoms with E-state index in [9.17, 15) is 0 Å². The molecule has 1 atom stereocenters. The van der Waals surface area contributed by atoms with Crippen LogP contribution in [0.4, 0.5) is 5.69 Å². The molecule has 6 heteroatoms. The maximum Gasteiger partial charge on any atom is 0.163 e. The summed E-state index contributed by atoms with van der Waals surface area (Å²) in [6, 6.07) is 4.15. The Labute approximate surface area is 166 Å². The Morgan fingerprint density at radius 3 is 2.86 bits per heavy atom. The average Bonchev–Trinajstić information content (AvgIpc) is 3.25. The molecule has 1 aliphatic heterocycles. The lowest BCUT2D eigenvalue weighted by Gasteiger charge is -2.18. The first-order valence-electron chi connectivity index (χ1n) is 10.5. The molecule has 150 valence electrons. The van der Waals surface area contributed by atoms with Crippen molar-refractivity contribution in [2.75, 3.05) is 45.8 Å². The number of nitrogens with zero attached hydrogens (tertiary/aromatic N) is 2. The minimum atomic E-state index is 0.370. The summed E-state index contributed by atoms with van der Waals surface area (Å²) in [5, 5.41) is 6.76. The number of methoxy groups -OCH3 is 1. The lowest BCUT2D eigenvalue weighted by molar-refractivity contribution is -0.0873. The number of nitrogens with one attached hydrogen (secondary N) is 1. The van der Waals surface area contributed by atoms with Gasteiger partial charge in [0.15, 0.2) is 11.5 Å². The fraction of sp³-hybridized carbons (Fsp3) is 0.591. The van der Waals surface area contributed by atoms with Gasteiger partial charge in [0, 0.05) is 48.9 Å². The molecule has 1 aromatic heterocycles. The predicted octanol–water partition coefficient (Wildman–Crippen LogP) is 3.43. The van der Waals surface area contributed by atoms with Crippen molar-refractivity contribution in [2.24, 2.45) is 11.8 Å². The highest BCUT2D eigenvalue weighted by Gasteiger charge is 2.26. The second kappa shape index (κ2) is 7.41. The van der Waals surface area contributed by atoms with Crippen LogP contribution >= 0.6 is 0 Å². The molecule has 3 aliphatic rings. The molecule has 2 heterocycles. The summed E-state index contributed by atoms with van der Waals surface area (Å²) < 4.78 is 11.8. The summed E-state index contributed by atoms with van der Waals surface area (Å²) in [6.45, 7) is 3.26. The van der Waals surface area contributed by atoms with E-state index >= 15 is 0 Å². The van der Waals surface area contributed by atoms with Gasteiger partial charge in [0.1, 0.15) is 0 Å². The number of fused-ring (bicyclic) bond motifs is 2. The Kier molecular flexibility index (Phi) is 4.77. The van der Waals surface area contributed by atoms with Gasteiger partial charge in [0.25, 0.3) is 0 Å². The van der Waals surface area contributed by atoms with Gasteiger partial charge in [-0.2, -0.15) is 5.06 Å². The number of rotatable bonds is 7. The van der Waals surface area contributed by atoms with Crippen molar-refractivity contribution in [2.45, 2.75) is 32.1 Å².